The first kappa shape index (κ1) is 14.3. The summed E-state index contributed by atoms with van der Waals surface area (Å²) >= 11 is 0. The third-order valence-electron chi connectivity index (χ3n) is 8.43. The van der Waals surface area contributed by atoms with Gasteiger partial charge in [0.25, 0.3) is 0 Å². The molecule has 6 fully saturated rings. The van der Waals surface area contributed by atoms with Crippen molar-refractivity contribution in [2.24, 2.45) is 17.8 Å². The standard InChI is InChI=1S/C20H30N4/c1-3-18(20(4-1)5-2-6-21-20)24-13-17(22-23-24)19-10-14-7-15(11-19)9-16(8-14)12-19/h13-16,18,21H,1-12H2/t14?,15?,16?,18-,19?,20-/m1/s1. The molecule has 1 saturated heterocycles. The van der Waals surface area contributed by atoms with Gasteiger partial charge in [0.15, 0.2) is 0 Å². The molecule has 0 aromatic carbocycles. The molecule has 7 rings (SSSR count). The van der Waals surface area contributed by atoms with E-state index in [0.717, 1.165) is 17.8 Å². The Morgan fingerprint density at radius 2 is 1.71 bits per heavy atom. The zero-order valence-electron chi connectivity index (χ0n) is 14.7. The highest BCUT2D eigenvalue weighted by atomic mass is 15.4. The zero-order chi connectivity index (χ0) is 15.8. The smallest absolute Gasteiger partial charge is 0.0889 e. The van der Waals surface area contributed by atoms with Gasteiger partial charge in [0.2, 0.25) is 0 Å². The van der Waals surface area contributed by atoms with Crippen LogP contribution in [-0.2, 0) is 5.41 Å². The Morgan fingerprint density at radius 1 is 1.00 bits per heavy atom. The van der Waals surface area contributed by atoms with Crippen molar-refractivity contribution in [2.75, 3.05) is 6.54 Å². The Kier molecular flexibility index (Phi) is 2.88. The Bertz CT molecular complexity index is 601. The van der Waals surface area contributed by atoms with Gasteiger partial charge >= 0.3 is 0 Å². The second kappa shape index (κ2) is 4.84. The van der Waals surface area contributed by atoms with Crippen molar-refractivity contribution in [1.29, 1.82) is 0 Å². The number of nitrogens with one attached hydrogen (secondary N) is 1. The average Bonchev–Trinajstić information content (AvgIpc) is 3.28. The van der Waals surface area contributed by atoms with Crippen LogP contribution in [0, 0.1) is 17.8 Å². The maximum Gasteiger partial charge on any atom is 0.0889 e. The molecule has 1 aliphatic heterocycles. The van der Waals surface area contributed by atoms with E-state index in [1.165, 1.54) is 82.9 Å². The van der Waals surface area contributed by atoms with Crippen molar-refractivity contribution in [2.45, 2.75) is 87.6 Å². The molecular formula is C20H30N4. The summed E-state index contributed by atoms with van der Waals surface area (Å²) in [6, 6.07) is 0.537. The van der Waals surface area contributed by atoms with E-state index >= 15 is 0 Å². The molecule has 5 aliphatic carbocycles. The summed E-state index contributed by atoms with van der Waals surface area (Å²) in [6.07, 6.45) is 17.7. The summed E-state index contributed by atoms with van der Waals surface area (Å²) in [5, 5.41) is 13.3. The molecule has 1 aromatic heterocycles. The molecule has 5 saturated carbocycles. The molecular weight excluding hydrogens is 296 g/mol. The number of nitrogens with zero attached hydrogens (tertiary/aromatic N) is 3. The summed E-state index contributed by atoms with van der Waals surface area (Å²) in [7, 11) is 0. The minimum Gasteiger partial charge on any atom is -0.309 e. The third-order valence-corrected chi connectivity index (χ3v) is 8.43. The Morgan fingerprint density at radius 3 is 2.38 bits per heavy atom. The summed E-state index contributed by atoms with van der Waals surface area (Å²) in [4.78, 5) is 0. The molecule has 4 heteroatoms. The maximum absolute atomic E-state index is 4.79. The van der Waals surface area contributed by atoms with Crippen LogP contribution in [0.4, 0.5) is 0 Å². The number of hydrogen-bond donors (Lipinski definition) is 1. The van der Waals surface area contributed by atoms with Crippen molar-refractivity contribution in [3.63, 3.8) is 0 Å². The van der Waals surface area contributed by atoms with E-state index in [2.05, 4.69) is 16.2 Å². The fourth-order valence-corrected chi connectivity index (χ4v) is 7.86. The number of aromatic nitrogens is 3. The molecule has 4 bridgehead atoms. The first-order valence-electron chi connectivity index (χ1n) is 10.4. The van der Waals surface area contributed by atoms with Gasteiger partial charge in [-0.2, -0.15) is 0 Å². The highest BCUT2D eigenvalue weighted by Gasteiger charge is 2.53. The predicted molar refractivity (Wildman–Crippen MR) is 92.7 cm³/mol. The van der Waals surface area contributed by atoms with E-state index in [4.69, 9.17) is 10.3 Å². The summed E-state index contributed by atoms with van der Waals surface area (Å²) in [5.74, 6) is 2.95. The molecule has 4 nitrogen and oxygen atoms in total. The molecule has 1 aromatic rings. The lowest BCUT2D eigenvalue weighted by Crippen LogP contribution is -2.48. The van der Waals surface area contributed by atoms with Gasteiger partial charge in [0, 0.05) is 17.2 Å². The average molecular weight is 326 g/mol. The first-order valence-corrected chi connectivity index (χ1v) is 10.4. The molecule has 1 N–H and O–H groups in total. The van der Waals surface area contributed by atoms with Crippen LogP contribution in [0.15, 0.2) is 6.20 Å². The molecule has 1 spiro atoms. The molecule has 130 valence electrons. The van der Waals surface area contributed by atoms with Crippen LogP contribution in [-0.4, -0.2) is 27.1 Å². The number of rotatable bonds is 2. The quantitative estimate of drug-likeness (QED) is 0.903. The molecule has 24 heavy (non-hydrogen) atoms. The van der Waals surface area contributed by atoms with Gasteiger partial charge in [-0.1, -0.05) is 5.21 Å². The van der Waals surface area contributed by atoms with E-state index in [1.54, 1.807) is 0 Å². The second-order valence-corrected chi connectivity index (χ2v) is 9.88. The molecule has 2 heterocycles. The zero-order valence-corrected chi connectivity index (χ0v) is 14.7. The largest absolute Gasteiger partial charge is 0.309 e. The lowest BCUT2D eigenvalue weighted by Gasteiger charge is -2.56. The van der Waals surface area contributed by atoms with E-state index in [0.29, 0.717) is 17.0 Å². The fraction of sp³-hybridized carbons (Fsp3) is 0.900. The third kappa shape index (κ3) is 1.89. The van der Waals surface area contributed by atoms with Gasteiger partial charge in [-0.25, -0.2) is 4.68 Å². The van der Waals surface area contributed by atoms with Gasteiger partial charge < -0.3 is 5.32 Å². The SMILES string of the molecule is c1c(C23CC4CC(CC(C4)C2)C3)nnn1[C@@H]1CCC[C@@]12CCCN2. The van der Waals surface area contributed by atoms with Crippen molar-refractivity contribution in [1.82, 2.24) is 20.3 Å². The fourth-order valence-electron chi connectivity index (χ4n) is 7.86. The van der Waals surface area contributed by atoms with Gasteiger partial charge in [-0.05, 0) is 94.9 Å². The topological polar surface area (TPSA) is 42.7 Å². The highest BCUT2D eigenvalue weighted by Crippen LogP contribution is 2.60. The monoisotopic (exact) mass is 326 g/mol. The Hall–Kier alpha value is -0.900. The Balaban J connectivity index is 1.33. The molecule has 6 aliphatic rings. The van der Waals surface area contributed by atoms with Crippen molar-refractivity contribution >= 4 is 0 Å². The summed E-state index contributed by atoms with van der Waals surface area (Å²) in [5.41, 5.74) is 2.07. The van der Waals surface area contributed by atoms with Gasteiger partial charge in [-0.15, -0.1) is 5.10 Å². The van der Waals surface area contributed by atoms with Crippen LogP contribution in [0.3, 0.4) is 0 Å². The Labute approximate surface area is 144 Å². The van der Waals surface area contributed by atoms with Crippen molar-refractivity contribution < 1.29 is 0 Å². The second-order valence-electron chi connectivity index (χ2n) is 9.88. The van der Waals surface area contributed by atoms with E-state index in [-0.39, 0.29) is 0 Å². The van der Waals surface area contributed by atoms with Crippen molar-refractivity contribution in [3.8, 4) is 0 Å². The van der Waals surface area contributed by atoms with E-state index in [9.17, 15) is 0 Å². The van der Waals surface area contributed by atoms with Crippen LogP contribution in [0.2, 0.25) is 0 Å². The summed E-state index contributed by atoms with van der Waals surface area (Å²) in [6.45, 7) is 1.19. The van der Waals surface area contributed by atoms with Crippen LogP contribution in [0.5, 0.6) is 0 Å². The first-order chi connectivity index (χ1) is 11.7. The minimum absolute atomic E-state index is 0.326. The van der Waals surface area contributed by atoms with Crippen LogP contribution < -0.4 is 5.32 Å². The van der Waals surface area contributed by atoms with Crippen LogP contribution in [0.1, 0.15) is 82.4 Å². The minimum atomic E-state index is 0.326. The van der Waals surface area contributed by atoms with Crippen LogP contribution >= 0.6 is 0 Å². The predicted octanol–water partition coefficient (Wildman–Crippen LogP) is 3.59. The summed E-state index contributed by atoms with van der Waals surface area (Å²) < 4.78 is 2.28. The maximum atomic E-state index is 4.79. The van der Waals surface area contributed by atoms with Gasteiger partial charge in [0.1, 0.15) is 0 Å². The van der Waals surface area contributed by atoms with Crippen molar-refractivity contribution in [3.05, 3.63) is 11.9 Å². The van der Waals surface area contributed by atoms with Crippen LogP contribution in [0.25, 0.3) is 0 Å². The molecule has 0 amide bonds. The van der Waals surface area contributed by atoms with E-state index < -0.39 is 0 Å². The molecule has 2 atom stereocenters. The normalized spacial score (nSPS) is 49.5. The molecule has 0 radical (unpaired) electrons. The molecule has 0 unspecified atom stereocenters. The number of hydrogen-bond acceptors (Lipinski definition) is 3. The lowest BCUT2D eigenvalue weighted by molar-refractivity contribution is -0.00727. The lowest BCUT2D eigenvalue weighted by atomic mass is 9.49. The van der Waals surface area contributed by atoms with Gasteiger partial charge in [0.05, 0.1) is 11.7 Å². The highest BCUT2D eigenvalue weighted by molar-refractivity contribution is 5.21. The van der Waals surface area contributed by atoms with E-state index in [1.807, 2.05) is 0 Å². The van der Waals surface area contributed by atoms with Gasteiger partial charge in [-0.3, -0.25) is 0 Å².